The first-order chi connectivity index (χ1) is 11.9. The van der Waals surface area contributed by atoms with E-state index in [2.05, 4.69) is 104 Å². The van der Waals surface area contributed by atoms with Gasteiger partial charge in [0.15, 0.2) is 0 Å². The Morgan fingerprint density at radius 3 is 1.17 bits per heavy atom. The summed E-state index contributed by atoms with van der Waals surface area (Å²) in [4.78, 5) is 0. The van der Waals surface area contributed by atoms with Gasteiger partial charge in [-0.25, -0.2) is 0 Å². The fourth-order valence-electron chi connectivity index (χ4n) is 2.37. The molecule has 0 heterocycles. The quantitative estimate of drug-likeness (QED) is 0.268. The van der Waals surface area contributed by atoms with Gasteiger partial charge in [-0.2, -0.15) is 5.75 Å². The predicted octanol–water partition coefficient (Wildman–Crippen LogP) is 3.37. The first-order valence-corrected chi connectivity index (χ1v) is 15.0. The summed E-state index contributed by atoms with van der Waals surface area (Å²) < 4.78 is 4.64. The number of halogens is 1. The molecule has 0 unspecified atom stereocenters. The van der Waals surface area contributed by atoms with Crippen LogP contribution in [0.2, 0.25) is 0 Å². The third-order valence-electron chi connectivity index (χ3n) is 3.47. The van der Waals surface area contributed by atoms with Crippen molar-refractivity contribution in [2.75, 3.05) is 11.6 Å². The van der Waals surface area contributed by atoms with E-state index in [9.17, 15) is 0 Å². The zero-order chi connectivity index (χ0) is 17.0. The van der Waals surface area contributed by atoms with Crippen molar-refractivity contribution in [2.24, 2.45) is 0 Å². The van der Waals surface area contributed by atoms with Crippen LogP contribution < -0.4 is 9.37 Å². The average Bonchev–Trinajstić information content (AvgIpc) is 2.66. The van der Waals surface area contributed by atoms with Gasteiger partial charge in [0.1, 0.15) is 0 Å². The fourth-order valence-corrected chi connectivity index (χ4v) is 12.8. The number of rotatable bonds is 5. The minimum atomic E-state index is -2.17. The summed E-state index contributed by atoms with van der Waals surface area (Å²) in [5.41, 5.74) is 0. The van der Waals surface area contributed by atoms with Crippen LogP contribution >= 0.6 is 11.6 Å². The van der Waals surface area contributed by atoms with Crippen LogP contribution in [0.15, 0.2) is 91.0 Å². The van der Waals surface area contributed by atoms with Crippen LogP contribution in [-0.2, 0) is 12.6 Å². The number of alkyl halides is 1. The van der Waals surface area contributed by atoms with E-state index in [4.69, 9.17) is 11.6 Å². The maximum atomic E-state index is 5.23. The van der Waals surface area contributed by atoms with E-state index in [0.717, 1.165) is 12.2 Å². The van der Waals surface area contributed by atoms with Crippen molar-refractivity contribution in [3.05, 3.63) is 91.0 Å². The van der Waals surface area contributed by atoms with E-state index in [0.29, 0.717) is 5.88 Å². The molecule has 0 saturated heterocycles. The van der Waals surface area contributed by atoms with Gasteiger partial charge in [-0.05, 0) is 0 Å². The molecule has 123 valence electrons. The summed E-state index contributed by atoms with van der Waals surface area (Å²) in [6, 6.07) is 33.0. The first-order valence-electron chi connectivity index (χ1n) is 8.04. The molecule has 0 fully saturated rings. The Morgan fingerprint density at radius 1 is 0.625 bits per heavy atom. The minimum absolute atomic E-state index is 0.712. The second kappa shape index (κ2) is 11.7. The van der Waals surface area contributed by atoms with Crippen LogP contribution in [0, 0.1) is 0 Å². The summed E-state index contributed by atoms with van der Waals surface area (Å²) in [5.74, 6) is 1.51. The van der Waals surface area contributed by atoms with E-state index in [1.807, 2.05) is 0 Å². The summed E-state index contributed by atoms with van der Waals surface area (Å²) >= 11 is 7.63. The van der Waals surface area contributed by atoms with Crippen molar-refractivity contribution in [2.45, 2.75) is 6.42 Å². The average molecular weight is 548 g/mol. The van der Waals surface area contributed by atoms with Crippen LogP contribution in [0.25, 0.3) is 0 Å². The summed E-state index contributed by atoms with van der Waals surface area (Å²) in [6.07, 6.45) is 0.969. The predicted molar refractivity (Wildman–Crippen MR) is 112 cm³/mol. The Bertz CT molecular complexity index is 578. The molecule has 0 bridgehead atoms. The van der Waals surface area contributed by atoms with Crippen molar-refractivity contribution in [3.63, 3.8) is 0 Å². The topological polar surface area (TPSA) is 0 Å². The number of hydrogen-bond donors (Lipinski definition) is 0. The molecule has 0 spiro atoms. The van der Waals surface area contributed by atoms with Crippen LogP contribution in [0.5, 0.6) is 0 Å². The van der Waals surface area contributed by atoms with Gasteiger partial charge in [0, 0.05) is 5.88 Å². The molecule has 0 saturated carbocycles. The van der Waals surface area contributed by atoms with Crippen LogP contribution in [0.3, 0.4) is 0 Å². The Hall–Kier alpha value is -0.778. The molecular formula is C21H21ClPbS-. The van der Waals surface area contributed by atoms with E-state index >= 15 is 0 Å². The van der Waals surface area contributed by atoms with E-state index in [1.54, 1.807) is 9.37 Å². The molecule has 0 aromatic heterocycles. The second-order valence-corrected chi connectivity index (χ2v) is 15.7. The van der Waals surface area contributed by atoms with Gasteiger partial charge < -0.3 is 12.6 Å². The van der Waals surface area contributed by atoms with Crippen molar-refractivity contribution in [1.29, 1.82) is 0 Å². The Kier molecular flexibility index (Phi) is 9.54. The number of benzene rings is 3. The standard InChI is InChI=1S/3C6H5.C3H7ClS.Pb/c3*1-2-4-6-5-3-1;4-2-1-3-5;/h3*1-5H;5H,1-3H2;/p-1. The molecule has 0 N–H and O–H groups in total. The summed E-state index contributed by atoms with van der Waals surface area (Å²) in [7, 11) is 0. The molecule has 0 atom stereocenters. The summed E-state index contributed by atoms with van der Waals surface area (Å²) in [6.45, 7) is 0. The van der Waals surface area contributed by atoms with E-state index < -0.39 is 22.7 Å². The van der Waals surface area contributed by atoms with Gasteiger partial charge in [0.25, 0.3) is 0 Å². The zero-order valence-corrected chi connectivity index (χ0v) is 19.0. The SMILES string of the molecule is [S-]CCCCl.c1cc[c]([Pb]([c]2ccccc2)[c]2ccccc2)cc1. The molecule has 1 radical (unpaired) electrons. The van der Waals surface area contributed by atoms with Gasteiger partial charge in [0.05, 0.1) is 0 Å². The van der Waals surface area contributed by atoms with Gasteiger partial charge >= 0.3 is 123 Å². The van der Waals surface area contributed by atoms with Gasteiger partial charge in [-0.15, -0.1) is 11.6 Å². The molecule has 0 amide bonds. The van der Waals surface area contributed by atoms with E-state index in [-0.39, 0.29) is 0 Å². The Labute approximate surface area is 164 Å². The molecular weight excluding hydrogens is 527 g/mol. The van der Waals surface area contributed by atoms with Gasteiger partial charge in [0.2, 0.25) is 0 Å². The Morgan fingerprint density at radius 2 is 0.958 bits per heavy atom. The van der Waals surface area contributed by atoms with Crippen LogP contribution in [0.4, 0.5) is 0 Å². The van der Waals surface area contributed by atoms with Crippen LogP contribution in [0.1, 0.15) is 6.42 Å². The molecule has 3 heteroatoms. The third kappa shape index (κ3) is 6.26. The Balaban J connectivity index is 0.000000368. The second-order valence-electron chi connectivity index (χ2n) is 5.22. The molecule has 3 rings (SSSR count). The number of hydrogen-bond acceptors (Lipinski definition) is 1. The normalized spacial score (nSPS) is 10.1. The molecule has 0 aliphatic heterocycles. The van der Waals surface area contributed by atoms with Crippen molar-refractivity contribution < 1.29 is 0 Å². The fraction of sp³-hybridized carbons (Fsp3) is 0.143. The maximum absolute atomic E-state index is 5.23. The van der Waals surface area contributed by atoms with Crippen molar-refractivity contribution in [1.82, 2.24) is 0 Å². The van der Waals surface area contributed by atoms with Crippen molar-refractivity contribution >= 4 is 56.3 Å². The summed E-state index contributed by atoms with van der Waals surface area (Å²) in [5, 5.41) is 0. The van der Waals surface area contributed by atoms with Gasteiger partial charge in [-0.3, -0.25) is 0 Å². The van der Waals surface area contributed by atoms with E-state index in [1.165, 1.54) is 0 Å². The third-order valence-corrected chi connectivity index (χ3v) is 14.6. The first kappa shape index (κ1) is 19.5. The molecule has 0 aliphatic rings. The molecule has 3 aromatic rings. The monoisotopic (exact) mass is 548 g/mol. The zero-order valence-electron chi connectivity index (χ0n) is 13.6. The molecule has 0 aliphatic carbocycles. The molecule has 24 heavy (non-hydrogen) atoms. The van der Waals surface area contributed by atoms with Crippen molar-refractivity contribution in [3.8, 4) is 0 Å². The van der Waals surface area contributed by atoms with Gasteiger partial charge in [-0.1, -0.05) is 6.42 Å². The van der Waals surface area contributed by atoms with Crippen LogP contribution in [-0.4, -0.2) is 34.3 Å². The molecule has 3 aromatic carbocycles. The molecule has 0 nitrogen and oxygen atoms in total.